The van der Waals surface area contributed by atoms with Crippen molar-refractivity contribution in [3.05, 3.63) is 29.8 Å². The molecule has 5 nitrogen and oxygen atoms in total. The summed E-state index contributed by atoms with van der Waals surface area (Å²) in [7, 11) is 0. The molecule has 1 amide bonds. The first kappa shape index (κ1) is 15.5. The normalized spacial score (nSPS) is 23.5. The van der Waals surface area contributed by atoms with Gasteiger partial charge in [-0.1, -0.05) is 6.07 Å². The van der Waals surface area contributed by atoms with Gasteiger partial charge in [0.05, 0.1) is 0 Å². The van der Waals surface area contributed by atoms with Crippen LogP contribution in [-0.2, 0) is 4.79 Å². The van der Waals surface area contributed by atoms with Gasteiger partial charge in [0.2, 0.25) is 12.7 Å². The number of likely N-dealkylation sites (tertiary alicyclic amines) is 2. The summed E-state index contributed by atoms with van der Waals surface area (Å²) in [4.78, 5) is 17.1. The number of carbonyl (C=O) groups is 1. The van der Waals surface area contributed by atoms with Gasteiger partial charge in [-0.25, -0.2) is 0 Å². The monoisotopic (exact) mass is 328 g/mol. The Morgan fingerprint density at radius 1 is 1.12 bits per heavy atom. The SMILES string of the molecule is O=C(C=Cc1ccc2c(c1)OCO2)N1CCC[C@H]1CN1CCCC1. The number of ether oxygens (including phenoxy) is 2. The van der Waals surface area contributed by atoms with E-state index in [-0.39, 0.29) is 12.7 Å². The Morgan fingerprint density at radius 3 is 2.83 bits per heavy atom. The van der Waals surface area contributed by atoms with Gasteiger partial charge in [-0.05, 0) is 62.5 Å². The maximum atomic E-state index is 12.6. The molecule has 0 saturated carbocycles. The van der Waals surface area contributed by atoms with Crippen molar-refractivity contribution in [3.8, 4) is 11.5 Å². The van der Waals surface area contributed by atoms with E-state index in [0.29, 0.717) is 6.04 Å². The molecule has 5 heteroatoms. The molecule has 2 fully saturated rings. The second-order valence-corrected chi connectivity index (χ2v) is 6.78. The lowest BCUT2D eigenvalue weighted by Crippen LogP contribution is -2.41. The highest BCUT2D eigenvalue weighted by molar-refractivity contribution is 5.92. The van der Waals surface area contributed by atoms with Gasteiger partial charge in [0.25, 0.3) is 0 Å². The molecule has 128 valence electrons. The number of fused-ring (bicyclic) bond motifs is 1. The number of amides is 1. The van der Waals surface area contributed by atoms with Crippen LogP contribution < -0.4 is 9.47 Å². The zero-order valence-electron chi connectivity index (χ0n) is 13.9. The van der Waals surface area contributed by atoms with Gasteiger partial charge in [-0.15, -0.1) is 0 Å². The lowest BCUT2D eigenvalue weighted by atomic mass is 10.1. The highest BCUT2D eigenvalue weighted by Gasteiger charge is 2.29. The molecule has 1 atom stereocenters. The van der Waals surface area contributed by atoms with Crippen LogP contribution in [0, 0.1) is 0 Å². The maximum Gasteiger partial charge on any atom is 0.246 e. The minimum absolute atomic E-state index is 0.120. The van der Waals surface area contributed by atoms with Crippen molar-refractivity contribution in [2.45, 2.75) is 31.7 Å². The molecule has 3 aliphatic heterocycles. The van der Waals surface area contributed by atoms with Gasteiger partial charge in [-0.3, -0.25) is 4.79 Å². The smallest absolute Gasteiger partial charge is 0.246 e. The fourth-order valence-corrected chi connectivity index (χ4v) is 3.86. The molecule has 0 N–H and O–H groups in total. The van der Waals surface area contributed by atoms with Gasteiger partial charge in [0.1, 0.15) is 0 Å². The van der Waals surface area contributed by atoms with Crippen molar-refractivity contribution in [2.75, 3.05) is 33.0 Å². The van der Waals surface area contributed by atoms with E-state index in [1.165, 1.54) is 25.9 Å². The Bertz CT molecular complexity index is 637. The molecule has 2 saturated heterocycles. The van der Waals surface area contributed by atoms with E-state index in [1.54, 1.807) is 6.08 Å². The summed E-state index contributed by atoms with van der Waals surface area (Å²) in [5.41, 5.74) is 0.961. The van der Waals surface area contributed by atoms with Crippen LogP contribution in [0.2, 0.25) is 0 Å². The van der Waals surface area contributed by atoms with Crippen LogP contribution in [0.5, 0.6) is 11.5 Å². The van der Waals surface area contributed by atoms with E-state index in [0.717, 1.165) is 43.0 Å². The van der Waals surface area contributed by atoms with Gasteiger partial charge in [0, 0.05) is 25.2 Å². The van der Waals surface area contributed by atoms with Crippen molar-refractivity contribution in [1.82, 2.24) is 9.80 Å². The first-order valence-electron chi connectivity index (χ1n) is 8.90. The number of hydrogen-bond donors (Lipinski definition) is 0. The third-order valence-electron chi connectivity index (χ3n) is 5.14. The number of benzene rings is 1. The molecule has 0 aromatic heterocycles. The third kappa shape index (κ3) is 3.26. The quantitative estimate of drug-likeness (QED) is 0.797. The largest absolute Gasteiger partial charge is 0.454 e. The summed E-state index contributed by atoms with van der Waals surface area (Å²) in [6.45, 7) is 4.55. The maximum absolute atomic E-state index is 12.6. The van der Waals surface area contributed by atoms with Crippen LogP contribution in [0.4, 0.5) is 0 Å². The van der Waals surface area contributed by atoms with E-state index in [4.69, 9.17) is 9.47 Å². The minimum Gasteiger partial charge on any atom is -0.454 e. The van der Waals surface area contributed by atoms with Crippen LogP contribution in [0.25, 0.3) is 6.08 Å². The average Bonchev–Trinajstić information content (AvgIpc) is 3.34. The van der Waals surface area contributed by atoms with Crippen molar-refractivity contribution >= 4 is 12.0 Å². The van der Waals surface area contributed by atoms with Gasteiger partial charge >= 0.3 is 0 Å². The highest BCUT2D eigenvalue weighted by Crippen LogP contribution is 2.32. The van der Waals surface area contributed by atoms with Gasteiger partial charge < -0.3 is 19.3 Å². The predicted octanol–water partition coefficient (Wildman–Crippen LogP) is 2.52. The Kier molecular flexibility index (Phi) is 4.43. The molecule has 0 spiro atoms. The van der Waals surface area contributed by atoms with Crippen LogP contribution >= 0.6 is 0 Å². The molecule has 0 unspecified atom stereocenters. The average molecular weight is 328 g/mol. The van der Waals surface area contributed by atoms with Crippen molar-refractivity contribution < 1.29 is 14.3 Å². The number of carbonyl (C=O) groups excluding carboxylic acids is 1. The van der Waals surface area contributed by atoms with E-state index in [9.17, 15) is 4.79 Å². The lowest BCUT2D eigenvalue weighted by Gasteiger charge is -2.27. The van der Waals surface area contributed by atoms with E-state index in [2.05, 4.69) is 4.90 Å². The Labute approximate surface area is 142 Å². The standard InChI is InChI=1S/C19H24N2O3/c22-19(8-6-15-5-7-17-18(12-15)24-14-23-17)21-11-3-4-16(21)13-20-9-1-2-10-20/h5-8,12,16H,1-4,9-11,13-14H2/t16-/m0/s1. The minimum atomic E-state index is 0.120. The fraction of sp³-hybridized carbons (Fsp3) is 0.526. The Hall–Kier alpha value is -2.01. The summed E-state index contributed by atoms with van der Waals surface area (Å²) >= 11 is 0. The number of hydrogen-bond acceptors (Lipinski definition) is 4. The topological polar surface area (TPSA) is 42.0 Å². The lowest BCUT2D eigenvalue weighted by molar-refractivity contribution is -0.127. The predicted molar refractivity (Wildman–Crippen MR) is 92.0 cm³/mol. The van der Waals surface area contributed by atoms with Crippen molar-refractivity contribution in [2.24, 2.45) is 0 Å². The molecule has 4 rings (SSSR count). The van der Waals surface area contributed by atoms with Crippen LogP contribution in [-0.4, -0.2) is 54.7 Å². The Morgan fingerprint density at radius 2 is 1.96 bits per heavy atom. The van der Waals surface area contributed by atoms with Crippen molar-refractivity contribution in [1.29, 1.82) is 0 Å². The molecule has 3 aliphatic rings. The first-order valence-corrected chi connectivity index (χ1v) is 8.90. The van der Waals surface area contributed by atoms with Gasteiger partial charge in [-0.2, -0.15) is 0 Å². The number of rotatable bonds is 4. The zero-order valence-corrected chi connectivity index (χ0v) is 13.9. The van der Waals surface area contributed by atoms with E-state index < -0.39 is 0 Å². The summed E-state index contributed by atoms with van der Waals surface area (Å²) in [5, 5.41) is 0. The second kappa shape index (κ2) is 6.85. The molecule has 1 aromatic carbocycles. The Balaban J connectivity index is 1.39. The van der Waals surface area contributed by atoms with Gasteiger partial charge in [0.15, 0.2) is 11.5 Å². The van der Waals surface area contributed by atoms with E-state index >= 15 is 0 Å². The molecule has 0 bridgehead atoms. The number of nitrogens with zero attached hydrogens (tertiary/aromatic N) is 2. The van der Waals surface area contributed by atoms with Crippen LogP contribution in [0.3, 0.4) is 0 Å². The molecular formula is C19H24N2O3. The highest BCUT2D eigenvalue weighted by atomic mass is 16.7. The first-order chi connectivity index (χ1) is 11.8. The molecule has 24 heavy (non-hydrogen) atoms. The second-order valence-electron chi connectivity index (χ2n) is 6.78. The molecule has 0 radical (unpaired) electrons. The van der Waals surface area contributed by atoms with Crippen LogP contribution in [0.15, 0.2) is 24.3 Å². The summed E-state index contributed by atoms with van der Waals surface area (Å²) in [6, 6.07) is 6.12. The molecular weight excluding hydrogens is 304 g/mol. The molecule has 0 aliphatic carbocycles. The molecule has 3 heterocycles. The van der Waals surface area contributed by atoms with Crippen molar-refractivity contribution in [3.63, 3.8) is 0 Å². The third-order valence-corrected chi connectivity index (χ3v) is 5.14. The van der Waals surface area contributed by atoms with E-state index in [1.807, 2.05) is 29.2 Å². The van der Waals surface area contributed by atoms with Crippen LogP contribution in [0.1, 0.15) is 31.2 Å². The summed E-state index contributed by atoms with van der Waals surface area (Å²) in [6.07, 6.45) is 8.40. The molecule has 1 aromatic rings. The summed E-state index contributed by atoms with van der Waals surface area (Å²) in [5.74, 6) is 1.63. The fourth-order valence-electron chi connectivity index (χ4n) is 3.86. The zero-order chi connectivity index (χ0) is 16.4. The summed E-state index contributed by atoms with van der Waals surface area (Å²) < 4.78 is 10.7.